The molecule has 0 radical (unpaired) electrons. The summed E-state index contributed by atoms with van der Waals surface area (Å²) in [4.78, 5) is 0. The Labute approximate surface area is 116 Å². The molecular weight excluding hydrogens is 260 g/mol. The van der Waals surface area contributed by atoms with Crippen LogP contribution in [0.3, 0.4) is 0 Å². The van der Waals surface area contributed by atoms with E-state index >= 15 is 0 Å². The Balaban J connectivity index is 2.16. The largest absolute Gasteiger partial charge is 0.388 e. The molecule has 1 aliphatic carbocycles. The topological polar surface area (TPSA) is 25.2 Å². The van der Waals surface area contributed by atoms with E-state index in [4.69, 9.17) is 0 Å². The molecule has 1 aromatic heterocycles. The van der Waals surface area contributed by atoms with Gasteiger partial charge < -0.3 is 9.67 Å². The summed E-state index contributed by atoms with van der Waals surface area (Å²) in [5.41, 5.74) is 1.80. The standard InChI is InChI=1S/C16H17F2NO/c1-16(2)8-13-10(14(20)9-16)6-7-19(13)12-5-3-4-11(17)15(12)18/h3-7,14,20H,8-9H2,1-2H3. The molecule has 106 valence electrons. The Bertz CT molecular complexity index is 660. The Morgan fingerprint density at radius 2 is 2.00 bits per heavy atom. The molecular formula is C16H17F2NO. The quantitative estimate of drug-likeness (QED) is 0.843. The van der Waals surface area contributed by atoms with Gasteiger partial charge in [-0.25, -0.2) is 8.78 Å². The predicted molar refractivity (Wildman–Crippen MR) is 72.7 cm³/mol. The Morgan fingerprint density at radius 3 is 2.75 bits per heavy atom. The van der Waals surface area contributed by atoms with E-state index in [9.17, 15) is 13.9 Å². The third-order valence-corrected chi connectivity index (χ3v) is 3.97. The Kier molecular flexibility index (Phi) is 2.94. The summed E-state index contributed by atoms with van der Waals surface area (Å²) < 4.78 is 29.0. The highest BCUT2D eigenvalue weighted by Gasteiger charge is 2.33. The average Bonchev–Trinajstić information content (AvgIpc) is 2.75. The lowest BCUT2D eigenvalue weighted by Gasteiger charge is -2.34. The van der Waals surface area contributed by atoms with Gasteiger partial charge in [-0.05, 0) is 36.5 Å². The number of hydrogen-bond donors (Lipinski definition) is 1. The average molecular weight is 277 g/mol. The number of aliphatic hydroxyl groups excluding tert-OH is 1. The van der Waals surface area contributed by atoms with E-state index in [1.54, 1.807) is 22.9 Å². The summed E-state index contributed by atoms with van der Waals surface area (Å²) in [6, 6.07) is 5.93. The molecule has 1 unspecified atom stereocenters. The van der Waals surface area contributed by atoms with Gasteiger partial charge in [0.1, 0.15) is 0 Å². The summed E-state index contributed by atoms with van der Waals surface area (Å²) in [6.45, 7) is 4.14. The van der Waals surface area contributed by atoms with Crippen LogP contribution in [-0.2, 0) is 6.42 Å². The van der Waals surface area contributed by atoms with Crippen molar-refractivity contribution in [2.24, 2.45) is 5.41 Å². The number of aromatic nitrogens is 1. The van der Waals surface area contributed by atoms with Gasteiger partial charge in [-0.15, -0.1) is 0 Å². The van der Waals surface area contributed by atoms with Gasteiger partial charge in [0.25, 0.3) is 0 Å². The highest BCUT2D eigenvalue weighted by Crippen LogP contribution is 2.42. The van der Waals surface area contributed by atoms with Crippen LogP contribution in [0.1, 0.15) is 37.6 Å². The first-order valence-corrected chi connectivity index (χ1v) is 6.72. The fraction of sp³-hybridized carbons (Fsp3) is 0.375. The molecule has 1 heterocycles. The van der Waals surface area contributed by atoms with Gasteiger partial charge in [-0.2, -0.15) is 0 Å². The van der Waals surface area contributed by atoms with E-state index in [1.807, 2.05) is 0 Å². The Morgan fingerprint density at radius 1 is 1.25 bits per heavy atom. The van der Waals surface area contributed by atoms with Gasteiger partial charge in [0.15, 0.2) is 11.6 Å². The second-order valence-corrected chi connectivity index (χ2v) is 6.22. The van der Waals surface area contributed by atoms with Gasteiger partial charge >= 0.3 is 0 Å². The highest BCUT2D eigenvalue weighted by atomic mass is 19.2. The minimum atomic E-state index is -0.861. The molecule has 0 spiro atoms. The molecule has 20 heavy (non-hydrogen) atoms. The number of hydrogen-bond acceptors (Lipinski definition) is 1. The molecule has 0 fully saturated rings. The summed E-state index contributed by atoms with van der Waals surface area (Å²) in [6.07, 6.45) is 2.55. The minimum absolute atomic E-state index is 0.0632. The Hall–Kier alpha value is -1.68. The van der Waals surface area contributed by atoms with E-state index < -0.39 is 17.7 Å². The molecule has 4 heteroatoms. The fourth-order valence-electron chi connectivity index (χ4n) is 3.03. The molecule has 2 aromatic rings. The van der Waals surface area contributed by atoms with Crippen LogP contribution in [0.2, 0.25) is 0 Å². The van der Waals surface area contributed by atoms with E-state index in [2.05, 4.69) is 13.8 Å². The number of nitrogens with zero attached hydrogens (tertiary/aromatic N) is 1. The number of rotatable bonds is 1. The van der Waals surface area contributed by atoms with Gasteiger partial charge in [0, 0.05) is 17.5 Å². The van der Waals surface area contributed by atoms with Crippen molar-refractivity contribution < 1.29 is 13.9 Å². The van der Waals surface area contributed by atoms with Crippen molar-refractivity contribution in [2.75, 3.05) is 0 Å². The summed E-state index contributed by atoms with van der Waals surface area (Å²) in [5, 5.41) is 10.2. The smallest absolute Gasteiger partial charge is 0.182 e. The molecule has 2 nitrogen and oxygen atoms in total. The maximum Gasteiger partial charge on any atom is 0.182 e. The van der Waals surface area contributed by atoms with Crippen LogP contribution in [0.5, 0.6) is 0 Å². The predicted octanol–water partition coefficient (Wildman–Crippen LogP) is 3.76. The van der Waals surface area contributed by atoms with Gasteiger partial charge in [0.2, 0.25) is 0 Å². The normalized spacial score (nSPS) is 20.8. The van der Waals surface area contributed by atoms with Crippen molar-refractivity contribution in [1.82, 2.24) is 4.57 Å². The van der Waals surface area contributed by atoms with Crippen molar-refractivity contribution >= 4 is 0 Å². The van der Waals surface area contributed by atoms with Crippen molar-refractivity contribution in [3.63, 3.8) is 0 Å². The fourth-order valence-corrected chi connectivity index (χ4v) is 3.03. The minimum Gasteiger partial charge on any atom is -0.388 e. The monoisotopic (exact) mass is 277 g/mol. The molecule has 1 N–H and O–H groups in total. The number of aliphatic hydroxyl groups is 1. The molecule has 0 saturated carbocycles. The third-order valence-electron chi connectivity index (χ3n) is 3.97. The zero-order chi connectivity index (χ0) is 14.5. The molecule has 1 atom stereocenters. The third kappa shape index (κ3) is 2.04. The first-order valence-electron chi connectivity index (χ1n) is 6.72. The van der Waals surface area contributed by atoms with E-state index in [1.165, 1.54) is 6.07 Å². The molecule has 1 aromatic carbocycles. The van der Waals surface area contributed by atoms with Crippen molar-refractivity contribution in [1.29, 1.82) is 0 Å². The zero-order valence-corrected chi connectivity index (χ0v) is 11.5. The summed E-state index contributed by atoms with van der Waals surface area (Å²) >= 11 is 0. The van der Waals surface area contributed by atoms with Crippen LogP contribution < -0.4 is 0 Å². The second kappa shape index (κ2) is 4.42. The maximum atomic E-state index is 14.0. The van der Waals surface area contributed by atoms with Crippen LogP contribution >= 0.6 is 0 Å². The summed E-state index contributed by atoms with van der Waals surface area (Å²) in [7, 11) is 0. The van der Waals surface area contributed by atoms with Crippen LogP contribution in [0.15, 0.2) is 30.5 Å². The molecule has 0 amide bonds. The van der Waals surface area contributed by atoms with E-state index in [0.717, 1.165) is 23.7 Å². The number of fused-ring (bicyclic) bond motifs is 1. The lowest BCUT2D eigenvalue weighted by Crippen LogP contribution is -2.26. The van der Waals surface area contributed by atoms with Crippen LogP contribution in [0.4, 0.5) is 8.78 Å². The molecule has 0 aliphatic heterocycles. The highest BCUT2D eigenvalue weighted by molar-refractivity contribution is 5.41. The maximum absolute atomic E-state index is 14.0. The van der Waals surface area contributed by atoms with E-state index in [-0.39, 0.29) is 11.1 Å². The number of benzene rings is 1. The first kappa shape index (κ1) is 13.3. The van der Waals surface area contributed by atoms with Crippen molar-refractivity contribution in [3.8, 4) is 5.69 Å². The lowest BCUT2D eigenvalue weighted by atomic mass is 9.75. The molecule has 0 saturated heterocycles. The zero-order valence-electron chi connectivity index (χ0n) is 11.5. The first-order chi connectivity index (χ1) is 9.39. The van der Waals surface area contributed by atoms with Gasteiger partial charge in [-0.1, -0.05) is 19.9 Å². The SMILES string of the molecule is CC1(C)Cc2c(ccn2-c2cccc(F)c2F)C(O)C1. The van der Waals surface area contributed by atoms with Crippen molar-refractivity contribution in [3.05, 3.63) is 53.4 Å². The van der Waals surface area contributed by atoms with Crippen molar-refractivity contribution in [2.45, 2.75) is 32.8 Å². The van der Waals surface area contributed by atoms with Crippen LogP contribution in [0.25, 0.3) is 5.69 Å². The number of halogens is 2. The molecule has 3 rings (SSSR count). The van der Waals surface area contributed by atoms with Gasteiger partial charge in [-0.3, -0.25) is 0 Å². The lowest BCUT2D eigenvalue weighted by molar-refractivity contribution is 0.0986. The molecule has 1 aliphatic rings. The summed E-state index contributed by atoms with van der Waals surface area (Å²) in [5.74, 6) is -1.72. The second-order valence-electron chi connectivity index (χ2n) is 6.22. The van der Waals surface area contributed by atoms with Crippen LogP contribution in [-0.4, -0.2) is 9.67 Å². The van der Waals surface area contributed by atoms with E-state index in [0.29, 0.717) is 6.42 Å². The molecule has 0 bridgehead atoms. The van der Waals surface area contributed by atoms with Crippen LogP contribution in [0, 0.1) is 17.0 Å². The van der Waals surface area contributed by atoms with Gasteiger partial charge in [0.05, 0.1) is 11.8 Å².